The maximum atomic E-state index is 13.5. The number of hydrogen-bond donors (Lipinski definition) is 2. The summed E-state index contributed by atoms with van der Waals surface area (Å²) in [5.41, 5.74) is -0.196. The van der Waals surface area contributed by atoms with Crippen molar-refractivity contribution in [1.29, 1.82) is 0 Å². The third-order valence-corrected chi connectivity index (χ3v) is 4.41. The van der Waals surface area contributed by atoms with Crippen LogP contribution in [0.1, 0.15) is 25.7 Å². The van der Waals surface area contributed by atoms with E-state index in [4.69, 9.17) is 4.74 Å². The van der Waals surface area contributed by atoms with Crippen LogP contribution in [0.5, 0.6) is 5.75 Å². The van der Waals surface area contributed by atoms with Crippen molar-refractivity contribution in [3.8, 4) is 5.75 Å². The van der Waals surface area contributed by atoms with Gasteiger partial charge in [-0.25, -0.2) is 4.39 Å². The lowest BCUT2D eigenvalue weighted by Gasteiger charge is -2.26. The second-order valence-electron chi connectivity index (χ2n) is 5.51. The van der Waals surface area contributed by atoms with Crippen LogP contribution in [0.2, 0.25) is 0 Å². The molecule has 0 heterocycles. The van der Waals surface area contributed by atoms with Crippen LogP contribution in [0.3, 0.4) is 0 Å². The van der Waals surface area contributed by atoms with E-state index in [1.807, 2.05) is 0 Å². The molecular formula is C15H19BrFNO3. The highest BCUT2D eigenvalue weighted by molar-refractivity contribution is 9.10. The maximum absolute atomic E-state index is 13.5. The number of benzene rings is 1. The van der Waals surface area contributed by atoms with E-state index in [9.17, 15) is 14.3 Å². The molecule has 0 aliphatic heterocycles. The van der Waals surface area contributed by atoms with Crippen LogP contribution in [-0.4, -0.2) is 30.8 Å². The first-order valence-electron chi connectivity index (χ1n) is 7.00. The van der Waals surface area contributed by atoms with E-state index in [0.29, 0.717) is 11.0 Å². The summed E-state index contributed by atoms with van der Waals surface area (Å²) in [4.78, 5) is 11.8. The van der Waals surface area contributed by atoms with Crippen LogP contribution < -0.4 is 10.1 Å². The third-order valence-electron chi connectivity index (χ3n) is 3.91. The minimum Gasteiger partial charge on any atom is -0.481 e. The summed E-state index contributed by atoms with van der Waals surface area (Å²) in [6.45, 7) is 0.282. The second kappa shape index (κ2) is 7.22. The number of halogens is 2. The normalized spacial score (nSPS) is 16.7. The number of nitrogens with one attached hydrogen (secondary N) is 1. The molecule has 21 heavy (non-hydrogen) atoms. The molecule has 2 rings (SSSR count). The fourth-order valence-corrected chi connectivity index (χ4v) is 2.92. The van der Waals surface area contributed by atoms with Gasteiger partial charge in [0.05, 0.1) is 6.61 Å². The quantitative estimate of drug-likeness (QED) is 0.820. The van der Waals surface area contributed by atoms with Crippen molar-refractivity contribution < 1.29 is 19.0 Å². The van der Waals surface area contributed by atoms with Crippen molar-refractivity contribution >= 4 is 21.8 Å². The number of hydrogen-bond acceptors (Lipinski definition) is 3. The Hall–Kier alpha value is -1.14. The Balaban J connectivity index is 1.79. The fraction of sp³-hybridized carbons (Fsp3) is 0.533. The molecule has 1 fully saturated rings. The van der Waals surface area contributed by atoms with E-state index in [0.717, 1.165) is 25.7 Å². The summed E-state index contributed by atoms with van der Waals surface area (Å²) in [5.74, 6) is -0.775. The highest BCUT2D eigenvalue weighted by Crippen LogP contribution is 2.36. The largest absolute Gasteiger partial charge is 0.481 e. The number of ether oxygens (including phenoxy) is 1. The number of amides is 1. The Labute approximate surface area is 131 Å². The van der Waals surface area contributed by atoms with Gasteiger partial charge in [-0.15, -0.1) is 0 Å². The van der Waals surface area contributed by atoms with Crippen molar-refractivity contribution in [2.45, 2.75) is 25.7 Å². The van der Waals surface area contributed by atoms with Gasteiger partial charge in [-0.3, -0.25) is 4.79 Å². The van der Waals surface area contributed by atoms with Gasteiger partial charge in [-0.05, 0) is 31.0 Å². The van der Waals surface area contributed by atoms with Crippen LogP contribution in [0.15, 0.2) is 22.7 Å². The molecule has 6 heteroatoms. The molecule has 1 aromatic carbocycles. The molecule has 0 bridgehead atoms. The van der Waals surface area contributed by atoms with Gasteiger partial charge in [0.15, 0.2) is 18.2 Å². The van der Waals surface area contributed by atoms with Gasteiger partial charge in [0, 0.05) is 16.4 Å². The van der Waals surface area contributed by atoms with Crippen molar-refractivity contribution in [3.63, 3.8) is 0 Å². The number of carbonyl (C=O) groups excluding carboxylic acids is 1. The average Bonchev–Trinajstić information content (AvgIpc) is 2.94. The average molecular weight is 360 g/mol. The summed E-state index contributed by atoms with van der Waals surface area (Å²) >= 11 is 3.15. The maximum Gasteiger partial charge on any atom is 0.257 e. The molecule has 0 saturated heterocycles. The number of aliphatic hydroxyl groups excluding tert-OH is 1. The first kappa shape index (κ1) is 16.2. The number of carbonyl (C=O) groups is 1. The van der Waals surface area contributed by atoms with Gasteiger partial charge in [-0.2, -0.15) is 0 Å². The van der Waals surface area contributed by atoms with E-state index in [2.05, 4.69) is 21.2 Å². The first-order chi connectivity index (χ1) is 10.0. The van der Waals surface area contributed by atoms with Crippen molar-refractivity contribution in [2.24, 2.45) is 5.41 Å². The molecule has 0 aromatic heterocycles. The zero-order valence-electron chi connectivity index (χ0n) is 11.7. The molecule has 116 valence electrons. The summed E-state index contributed by atoms with van der Waals surface area (Å²) in [6.07, 6.45) is 4.01. The SMILES string of the molecule is O=C(COc1ccc(Br)cc1F)NCC1(CO)CCCC1. The minimum atomic E-state index is -0.514. The zero-order chi connectivity index (χ0) is 15.3. The van der Waals surface area contributed by atoms with E-state index in [1.165, 1.54) is 12.1 Å². The summed E-state index contributed by atoms with van der Waals surface area (Å²) < 4.78 is 19.3. The van der Waals surface area contributed by atoms with Gasteiger partial charge in [0.2, 0.25) is 0 Å². The van der Waals surface area contributed by atoms with E-state index in [1.54, 1.807) is 6.07 Å². The molecule has 0 spiro atoms. The third kappa shape index (κ3) is 4.41. The lowest BCUT2D eigenvalue weighted by Crippen LogP contribution is -2.40. The lowest BCUT2D eigenvalue weighted by molar-refractivity contribution is -0.123. The zero-order valence-corrected chi connectivity index (χ0v) is 13.3. The second-order valence-corrected chi connectivity index (χ2v) is 6.42. The molecule has 1 saturated carbocycles. The Kier molecular flexibility index (Phi) is 5.58. The molecule has 1 aliphatic carbocycles. The van der Waals surface area contributed by atoms with Crippen molar-refractivity contribution in [2.75, 3.05) is 19.8 Å². The Morgan fingerprint density at radius 2 is 2.14 bits per heavy atom. The first-order valence-corrected chi connectivity index (χ1v) is 7.79. The van der Waals surface area contributed by atoms with Gasteiger partial charge in [0.1, 0.15) is 0 Å². The predicted molar refractivity (Wildman–Crippen MR) is 80.6 cm³/mol. The van der Waals surface area contributed by atoms with Crippen LogP contribution in [-0.2, 0) is 4.79 Å². The van der Waals surface area contributed by atoms with E-state index >= 15 is 0 Å². The van der Waals surface area contributed by atoms with E-state index < -0.39 is 5.82 Å². The van der Waals surface area contributed by atoms with Crippen molar-refractivity contribution in [1.82, 2.24) is 5.32 Å². The summed E-state index contributed by atoms with van der Waals surface area (Å²) in [5, 5.41) is 12.2. The molecule has 0 radical (unpaired) electrons. The molecule has 2 N–H and O–H groups in total. The van der Waals surface area contributed by atoms with Gasteiger partial charge in [0.25, 0.3) is 5.91 Å². The standard InChI is InChI=1S/C15H19BrFNO3/c16-11-3-4-13(12(17)7-11)21-8-14(20)18-9-15(10-19)5-1-2-6-15/h3-4,7,19H,1-2,5-6,8-10H2,(H,18,20). The number of rotatable bonds is 6. The van der Waals surface area contributed by atoms with Crippen LogP contribution in [0.4, 0.5) is 4.39 Å². The Bertz CT molecular complexity index is 504. The summed E-state index contributed by atoms with van der Waals surface area (Å²) in [7, 11) is 0. The summed E-state index contributed by atoms with van der Waals surface area (Å²) in [6, 6.07) is 4.40. The molecule has 0 atom stereocenters. The highest BCUT2D eigenvalue weighted by atomic mass is 79.9. The van der Waals surface area contributed by atoms with Crippen molar-refractivity contribution in [3.05, 3.63) is 28.5 Å². The molecular weight excluding hydrogens is 341 g/mol. The minimum absolute atomic E-state index is 0.0473. The van der Waals surface area contributed by atoms with Gasteiger partial charge >= 0.3 is 0 Å². The van der Waals surface area contributed by atoms with Gasteiger partial charge < -0.3 is 15.2 Å². The van der Waals surface area contributed by atoms with Gasteiger partial charge in [-0.1, -0.05) is 28.8 Å². The Morgan fingerprint density at radius 3 is 2.76 bits per heavy atom. The topological polar surface area (TPSA) is 58.6 Å². The van der Waals surface area contributed by atoms with Crippen LogP contribution in [0, 0.1) is 11.2 Å². The smallest absolute Gasteiger partial charge is 0.257 e. The molecule has 1 aromatic rings. The van der Waals surface area contributed by atoms with Crippen LogP contribution in [0.25, 0.3) is 0 Å². The molecule has 1 aliphatic rings. The molecule has 1 amide bonds. The number of aliphatic hydroxyl groups is 1. The fourth-order valence-electron chi connectivity index (χ4n) is 2.59. The van der Waals surface area contributed by atoms with E-state index in [-0.39, 0.29) is 30.3 Å². The molecule has 0 unspecified atom stereocenters. The predicted octanol–water partition coefficient (Wildman–Crippen LogP) is 2.64. The lowest BCUT2D eigenvalue weighted by atomic mass is 9.87. The molecule has 4 nitrogen and oxygen atoms in total. The monoisotopic (exact) mass is 359 g/mol. The highest BCUT2D eigenvalue weighted by Gasteiger charge is 2.33. The Morgan fingerprint density at radius 1 is 1.43 bits per heavy atom. The van der Waals surface area contributed by atoms with Crippen LogP contribution >= 0.6 is 15.9 Å².